The lowest BCUT2D eigenvalue weighted by Gasteiger charge is -2.10. The predicted molar refractivity (Wildman–Crippen MR) is 92.7 cm³/mol. The highest BCUT2D eigenvalue weighted by molar-refractivity contribution is 7.10. The molecule has 0 saturated carbocycles. The molecule has 0 radical (unpaired) electrons. The highest BCUT2D eigenvalue weighted by Crippen LogP contribution is 2.18. The number of rotatable bonds is 9. The van der Waals surface area contributed by atoms with Crippen LogP contribution in [0.2, 0.25) is 0 Å². The Balaban J connectivity index is 1.78. The van der Waals surface area contributed by atoms with Crippen molar-refractivity contribution < 1.29 is 9.59 Å². The lowest BCUT2D eigenvalue weighted by Crippen LogP contribution is -2.27. The van der Waals surface area contributed by atoms with E-state index in [1.807, 2.05) is 24.4 Å². The van der Waals surface area contributed by atoms with E-state index in [4.69, 9.17) is 0 Å². The number of allylic oxidation sites excluding steroid dienone is 1. The van der Waals surface area contributed by atoms with Gasteiger partial charge in [-0.15, -0.1) is 23.0 Å². The molecule has 2 heterocycles. The molecule has 2 aromatic rings. The molecule has 0 aliphatic rings. The van der Waals surface area contributed by atoms with E-state index in [0.29, 0.717) is 25.9 Å². The van der Waals surface area contributed by atoms with Gasteiger partial charge in [0.2, 0.25) is 5.91 Å². The van der Waals surface area contributed by atoms with Crippen molar-refractivity contribution in [1.29, 1.82) is 0 Å². The molecule has 0 fully saturated rings. The molecule has 0 aromatic carbocycles. The van der Waals surface area contributed by atoms with Gasteiger partial charge in [-0.1, -0.05) is 17.4 Å². The summed E-state index contributed by atoms with van der Waals surface area (Å²) < 4.78 is 1.54. The van der Waals surface area contributed by atoms with Crippen LogP contribution in [0.4, 0.5) is 0 Å². The van der Waals surface area contributed by atoms with Gasteiger partial charge in [0, 0.05) is 17.8 Å². The minimum atomic E-state index is -0.267. The molecule has 8 heteroatoms. The van der Waals surface area contributed by atoms with Crippen LogP contribution in [0, 0.1) is 0 Å². The first-order chi connectivity index (χ1) is 11.6. The average molecular weight is 347 g/mol. The van der Waals surface area contributed by atoms with E-state index in [9.17, 15) is 9.59 Å². The number of nitrogens with zero attached hydrogens (tertiary/aromatic N) is 3. The summed E-state index contributed by atoms with van der Waals surface area (Å²) in [6.45, 7) is 6.40. The predicted octanol–water partition coefficient (Wildman–Crippen LogP) is 1.91. The fourth-order valence-electron chi connectivity index (χ4n) is 2.02. The van der Waals surface area contributed by atoms with Gasteiger partial charge in [-0.05, 0) is 24.8 Å². The van der Waals surface area contributed by atoms with Crippen molar-refractivity contribution in [3.05, 3.63) is 46.9 Å². The number of aromatic nitrogens is 3. The van der Waals surface area contributed by atoms with Gasteiger partial charge < -0.3 is 10.6 Å². The summed E-state index contributed by atoms with van der Waals surface area (Å²) in [7, 11) is 0. The second-order valence-electron chi connectivity index (χ2n) is 5.25. The van der Waals surface area contributed by atoms with Crippen LogP contribution in [0.5, 0.6) is 0 Å². The Morgan fingerprint density at radius 2 is 2.33 bits per heavy atom. The van der Waals surface area contributed by atoms with Gasteiger partial charge in [-0.2, -0.15) is 0 Å². The van der Waals surface area contributed by atoms with Gasteiger partial charge in [0.15, 0.2) is 5.69 Å². The van der Waals surface area contributed by atoms with Crippen molar-refractivity contribution >= 4 is 23.2 Å². The van der Waals surface area contributed by atoms with Crippen molar-refractivity contribution in [2.75, 3.05) is 6.54 Å². The van der Waals surface area contributed by atoms with E-state index < -0.39 is 0 Å². The lowest BCUT2D eigenvalue weighted by atomic mass is 10.2. The monoisotopic (exact) mass is 347 g/mol. The SMILES string of the molecule is C=CCCC(=O)NCCn1cc(C(=O)N[C@H](C)c2cccs2)nn1. The quantitative estimate of drug-likeness (QED) is 0.678. The lowest BCUT2D eigenvalue weighted by molar-refractivity contribution is -0.121. The van der Waals surface area contributed by atoms with Crippen LogP contribution in [0.15, 0.2) is 36.4 Å². The Morgan fingerprint density at radius 1 is 1.50 bits per heavy atom. The summed E-state index contributed by atoms with van der Waals surface area (Å²) >= 11 is 1.59. The Morgan fingerprint density at radius 3 is 3.04 bits per heavy atom. The van der Waals surface area contributed by atoms with Crippen molar-refractivity contribution in [3.63, 3.8) is 0 Å². The van der Waals surface area contributed by atoms with E-state index in [1.165, 1.54) is 0 Å². The molecular weight excluding hydrogens is 326 g/mol. The maximum atomic E-state index is 12.2. The first-order valence-electron chi connectivity index (χ1n) is 7.72. The number of thiophene rings is 1. The third kappa shape index (κ3) is 5.31. The summed E-state index contributed by atoms with van der Waals surface area (Å²) in [6, 6.07) is 3.84. The van der Waals surface area contributed by atoms with Crippen molar-refractivity contribution in [2.45, 2.75) is 32.4 Å². The molecule has 24 heavy (non-hydrogen) atoms. The molecule has 1 atom stereocenters. The standard InChI is InChI=1S/C16H21N5O2S/c1-3-4-7-15(22)17-8-9-21-11-13(19-20-21)16(23)18-12(2)14-6-5-10-24-14/h3,5-6,10-12H,1,4,7-9H2,2H3,(H,17,22)(H,18,23)/t12-/m1/s1. The summed E-state index contributed by atoms with van der Waals surface area (Å²) in [6.07, 6.45) is 4.36. The molecule has 0 saturated heterocycles. The third-order valence-electron chi connectivity index (χ3n) is 3.33. The minimum absolute atomic E-state index is 0.0299. The molecule has 2 amide bonds. The van der Waals surface area contributed by atoms with Crippen LogP contribution in [0.3, 0.4) is 0 Å². The van der Waals surface area contributed by atoms with Gasteiger partial charge in [-0.25, -0.2) is 4.68 Å². The van der Waals surface area contributed by atoms with Crippen molar-refractivity contribution in [1.82, 2.24) is 25.6 Å². The maximum Gasteiger partial charge on any atom is 0.273 e. The van der Waals surface area contributed by atoms with Gasteiger partial charge >= 0.3 is 0 Å². The Hall–Kier alpha value is -2.48. The molecule has 0 bridgehead atoms. The molecule has 128 valence electrons. The first-order valence-corrected chi connectivity index (χ1v) is 8.60. The van der Waals surface area contributed by atoms with Gasteiger partial charge in [0.05, 0.1) is 18.8 Å². The maximum absolute atomic E-state index is 12.2. The Kier molecular flexibility index (Phi) is 6.68. The third-order valence-corrected chi connectivity index (χ3v) is 4.38. The van der Waals surface area contributed by atoms with Crippen LogP contribution in [0.25, 0.3) is 0 Å². The zero-order chi connectivity index (χ0) is 17.4. The molecule has 0 aliphatic heterocycles. The first kappa shape index (κ1) is 17.9. The molecule has 2 N–H and O–H groups in total. The van der Waals surface area contributed by atoms with Gasteiger partial charge in [0.25, 0.3) is 5.91 Å². The normalized spacial score (nSPS) is 11.7. The fourth-order valence-corrected chi connectivity index (χ4v) is 2.76. The Labute approximate surface area is 144 Å². The molecular formula is C16H21N5O2S. The number of amides is 2. The topological polar surface area (TPSA) is 88.9 Å². The smallest absolute Gasteiger partial charge is 0.273 e. The molecule has 0 aliphatic carbocycles. The van der Waals surface area contributed by atoms with Crippen LogP contribution >= 0.6 is 11.3 Å². The molecule has 0 spiro atoms. The average Bonchev–Trinajstić information content (AvgIpc) is 3.24. The van der Waals surface area contributed by atoms with E-state index in [-0.39, 0.29) is 23.6 Å². The van der Waals surface area contributed by atoms with E-state index >= 15 is 0 Å². The van der Waals surface area contributed by atoms with Crippen molar-refractivity contribution in [2.24, 2.45) is 0 Å². The number of carbonyl (C=O) groups is 2. The number of nitrogens with one attached hydrogen (secondary N) is 2. The van der Waals surface area contributed by atoms with Gasteiger partial charge in [-0.3, -0.25) is 9.59 Å². The van der Waals surface area contributed by atoms with E-state index in [1.54, 1.807) is 28.3 Å². The van der Waals surface area contributed by atoms with Crippen molar-refractivity contribution in [3.8, 4) is 0 Å². The zero-order valence-corrected chi connectivity index (χ0v) is 14.4. The highest BCUT2D eigenvalue weighted by Gasteiger charge is 2.15. The summed E-state index contributed by atoms with van der Waals surface area (Å²) in [5, 5.41) is 15.4. The number of hydrogen-bond donors (Lipinski definition) is 2. The molecule has 2 rings (SSSR count). The zero-order valence-electron chi connectivity index (χ0n) is 13.6. The van der Waals surface area contributed by atoms with Crippen LogP contribution in [-0.4, -0.2) is 33.4 Å². The van der Waals surface area contributed by atoms with Crippen LogP contribution in [-0.2, 0) is 11.3 Å². The minimum Gasteiger partial charge on any atom is -0.354 e. The van der Waals surface area contributed by atoms with Gasteiger partial charge in [0.1, 0.15) is 0 Å². The number of hydrogen-bond acceptors (Lipinski definition) is 5. The summed E-state index contributed by atoms with van der Waals surface area (Å²) in [5.41, 5.74) is 0.261. The van der Waals surface area contributed by atoms with Crippen LogP contribution in [0.1, 0.15) is 41.2 Å². The molecule has 2 aromatic heterocycles. The summed E-state index contributed by atoms with van der Waals surface area (Å²) in [5.74, 6) is -0.296. The highest BCUT2D eigenvalue weighted by atomic mass is 32.1. The fraction of sp³-hybridized carbons (Fsp3) is 0.375. The van der Waals surface area contributed by atoms with E-state index in [0.717, 1.165) is 4.88 Å². The number of carbonyl (C=O) groups excluding carboxylic acids is 2. The summed E-state index contributed by atoms with van der Waals surface area (Å²) in [4.78, 5) is 24.7. The molecule has 7 nitrogen and oxygen atoms in total. The largest absolute Gasteiger partial charge is 0.354 e. The molecule has 0 unspecified atom stereocenters. The Bertz CT molecular complexity index is 680. The second-order valence-corrected chi connectivity index (χ2v) is 6.23. The second kappa shape index (κ2) is 8.97. The van der Waals surface area contributed by atoms with Crippen LogP contribution < -0.4 is 10.6 Å². The van der Waals surface area contributed by atoms with E-state index in [2.05, 4.69) is 27.5 Å².